The van der Waals surface area contributed by atoms with Gasteiger partial charge >= 0.3 is 0 Å². The maximum absolute atomic E-state index is 6.81. The van der Waals surface area contributed by atoms with Crippen LogP contribution in [0.2, 0.25) is 0 Å². The fourth-order valence-electron chi connectivity index (χ4n) is 9.91. The number of benzene rings is 8. The van der Waals surface area contributed by atoms with E-state index in [4.69, 9.17) is 22.3 Å². The van der Waals surface area contributed by atoms with E-state index in [9.17, 15) is 0 Å². The Hall–Kier alpha value is -8.06. The Morgan fingerprint density at radius 1 is 0.571 bits per heavy atom. The zero-order valence-electron chi connectivity index (χ0n) is 34.0. The normalized spacial score (nSPS) is 15.3. The molecule has 11 aromatic rings. The molecule has 2 N–H and O–H groups in total. The molecular weight excluding hydrogens is 787 g/mol. The van der Waals surface area contributed by atoms with Gasteiger partial charge in [0.25, 0.3) is 0 Å². The quantitative estimate of drug-likeness (QED) is 0.132. The zero-order valence-corrected chi connectivity index (χ0v) is 34.9. The number of allylic oxidation sites excluding steroid dienone is 5. The number of nitrogens with zero attached hydrogens (tertiary/aromatic N) is 4. The Labute approximate surface area is 366 Å². The Kier molecular flexibility index (Phi) is 7.77. The second-order valence-electron chi connectivity index (χ2n) is 16.4. The summed E-state index contributed by atoms with van der Waals surface area (Å²) in [5, 5.41) is 9.51. The van der Waals surface area contributed by atoms with Crippen LogP contribution in [-0.4, -0.2) is 20.8 Å². The van der Waals surface area contributed by atoms with Crippen LogP contribution in [0, 0.1) is 5.92 Å². The average Bonchev–Trinajstić information content (AvgIpc) is 3.60. The highest BCUT2D eigenvalue weighted by Gasteiger charge is 2.36. The van der Waals surface area contributed by atoms with Crippen molar-refractivity contribution >= 4 is 103 Å². The number of aromatic nitrogens is 2. The molecule has 13 rings (SSSR count). The third-order valence-corrected chi connectivity index (χ3v) is 14.1. The molecule has 3 aromatic heterocycles. The highest BCUT2D eigenvalue weighted by Crippen LogP contribution is 2.47. The predicted molar refractivity (Wildman–Crippen MR) is 268 cm³/mol. The SMILES string of the molecule is C=C(/N=C(\N=C(/N)C1=C2C=CC=C[C@@H]21)c1ccccc1)n1c2ccccc2c2ccc3c4ccccc4n(-c4cc(-c5ccc6ccccc6c5)cc5c4sc4ccccc45)c3c21. The lowest BCUT2D eigenvalue weighted by molar-refractivity contribution is 1.15. The Morgan fingerprint density at radius 2 is 1.27 bits per heavy atom. The topological polar surface area (TPSA) is 60.6 Å². The maximum Gasteiger partial charge on any atom is 0.163 e. The van der Waals surface area contributed by atoms with E-state index in [-0.39, 0.29) is 5.92 Å². The van der Waals surface area contributed by atoms with Gasteiger partial charge in [-0.3, -0.25) is 4.57 Å². The van der Waals surface area contributed by atoms with Crippen molar-refractivity contribution in [2.24, 2.45) is 21.6 Å². The summed E-state index contributed by atoms with van der Waals surface area (Å²) >= 11 is 1.85. The molecule has 0 spiro atoms. The van der Waals surface area contributed by atoms with Crippen molar-refractivity contribution in [1.82, 2.24) is 9.13 Å². The van der Waals surface area contributed by atoms with Crippen LogP contribution in [0.3, 0.4) is 0 Å². The summed E-state index contributed by atoms with van der Waals surface area (Å²) < 4.78 is 7.22. The number of rotatable bonds is 6. The average molecular weight is 824 g/mol. The van der Waals surface area contributed by atoms with Crippen LogP contribution in [0.4, 0.5) is 0 Å². The van der Waals surface area contributed by atoms with Crippen LogP contribution in [0.1, 0.15) is 5.56 Å². The van der Waals surface area contributed by atoms with Gasteiger partial charge in [-0.15, -0.1) is 11.3 Å². The lowest BCUT2D eigenvalue weighted by Gasteiger charge is -2.15. The van der Waals surface area contributed by atoms with Crippen LogP contribution in [0.15, 0.2) is 222 Å². The first-order valence-electron chi connectivity index (χ1n) is 21.3. The molecule has 0 aliphatic heterocycles. The van der Waals surface area contributed by atoms with Crippen molar-refractivity contribution in [2.45, 2.75) is 0 Å². The van der Waals surface area contributed by atoms with E-state index in [1.807, 2.05) is 47.7 Å². The third kappa shape index (κ3) is 5.48. The first-order valence-corrected chi connectivity index (χ1v) is 22.1. The second-order valence-corrected chi connectivity index (χ2v) is 17.5. The molecular formula is C57H37N5S. The minimum absolute atomic E-state index is 0.207. The molecule has 2 aliphatic rings. The molecule has 6 heteroatoms. The third-order valence-electron chi connectivity index (χ3n) is 12.8. The van der Waals surface area contributed by atoms with Gasteiger partial charge in [0, 0.05) is 54.1 Å². The van der Waals surface area contributed by atoms with Crippen molar-refractivity contribution in [2.75, 3.05) is 0 Å². The molecule has 63 heavy (non-hydrogen) atoms. The fourth-order valence-corrected chi connectivity index (χ4v) is 11.1. The predicted octanol–water partition coefficient (Wildman–Crippen LogP) is 14.4. The van der Waals surface area contributed by atoms with Gasteiger partial charge in [-0.25, -0.2) is 9.98 Å². The maximum atomic E-state index is 6.81. The molecule has 0 bridgehead atoms. The standard InChI is InChI=1S/C57H37N5S/c1-34(59-57(36-16-3-2-4-17-36)60-56(58)52-43-22-7-8-23-44(43)52)61-48-24-12-9-19-40(48)45-29-30-46-41-20-10-13-25-49(41)62(54(46)53(45)61)50-33-39(38-28-27-35-15-5-6-18-37(35)31-38)32-47-42-21-11-14-26-51(42)63-55(47)50/h2-33,43H,1H2,(H2,58,59,60)/t43-/m0/s1. The molecule has 296 valence electrons. The van der Waals surface area contributed by atoms with Crippen molar-refractivity contribution < 1.29 is 0 Å². The lowest BCUT2D eigenvalue weighted by Crippen LogP contribution is -2.15. The molecule has 0 unspecified atom stereocenters. The zero-order chi connectivity index (χ0) is 41.8. The van der Waals surface area contributed by atoms with Crippen LogP contribution < -0.4 is 5.73 Å². The van der Waals surface area contributed by atoms with Gasteiger partial charge in [0.1, 0.15) is 11.7 Å². The van der Waals surface area contributed by atoms with E-state index in [0.29, 0.717) is 17.5 Å². The first kappa shape index (κ1) is 35.7. The van der Waals surface area contributed by atoms with E-state index in [1.165, 1.54) is 53.0 Å². The number of para-hydroxylation sites is 2. The van der Waals surface area contributed by atoms with Crippen LogP contribution in [0.5, 0.6) is 0 Å². The van der Waals surface area contributed by atoms with Gasteiger partial charge in [-0.1, -0.05) is 164 Å². The largest absolute Gasteiger partial charge is 0.383 e. The van der Waals surface area contributed by atoms with Gasteiger partial charge in [0.15, 0.2) is 5.84 Å². The molecule has 3 heterocycles. The van der Waals surface area contributed by atoms with Crippen molar-refractivity contribution in [3.63, 3.8) is 0 Å². The molecule has 0 amide bonds. The van der Waals surface area contributed by atoms with Crippen LogP contribution in [-0.2, 0) is 0 Å². The van der Waals surface area contributed by atoms with Crippen LogP contribution >= 0.6 is 11.3 Å². The van der Waals surface area contributed by atoms with Gasteiger partial charge < -0.3 is 10.3 Å². The van der Waals surface area contributed by atoms with Gasteiger partial charge in [-0.2, -0.15) is 0 Å². The van der Waals surface area contributed by atoms with E-state index in [1.54, 1.807) is 0 Å². The molecule has 8 aromatic carbocycles. The number of hydrogen-bond donors (Lipinski definition) is 1. The summed E-state index contributed by atoms with van der Waals surface area (Å²) in [6.45, 7) is 4.75. The minimum Gasteiger partial charge on any atom is -0.383 e. The van der Waals surface area contributed by atoms with Gasteiger partial charge in [-0.05, 0) is 63.9 Å². The first-order chi connectivity index (χ1) is 31.1. The molecule has 0 radical (unpaired) electrons. The summed E-state index contributed by atoms with van der Waals surface area (Å²) in [6.07, 6.45) is 8.40. The molecule has 0 fully saturated rings. The van der Waals surface area contributed by atoms with Gasteiger partial charge in [0.05, 0.1) is 32.5 Å². The number of nitrogens with two attached hydrogens (primary N) is 1. The lowest BCUT2D eigenvalue weighted by atomic mass is 9.98. The summed E-state index contributed by atoms with van der Waals surface area (Å²) in [5.41, 5.74) is 17.7. The van der Waals surface area contributed by atoms with Crippen molar-refractivity contribution in [1.29, 1.82) is 0 Å². The van der Waals surface area contributed by atoms with Crippen molar-refractivity contribution in [3.8, 4) is 16.8 Å². The summed E-state index contributed by atoms with van der Waals surface area (Å²) in [7, 11) is 0. The number of hydrogen-bond acceptors (Lipinski definition) is 2. The molecule has 1 atom stereocenters. The second kappa shape index (κ2) is 13.7. The number of amidine groups is 2. The fraction of sp³-hybridized carbons (Fsp3) is 0.0175. The summed E-state index contributed by atoms with van der Waals surface area (Å²) in [6, 6.07) is 61.0. The highest BCUT2D eigenvalue weighted by molar-refractivity contribution is 7.26. The Bertz CT molecular complexity index is 3940. The van der Waals surface area contributed by atoms with Gasteiger partial charge in [0.2, 0.25) is 0 Å². The smallest absolute Gasteiger partial charge is 0.163 e. The van der Waals surface area contributed by atoms with Crippen LogP contribution in [0.25, 0.3) is 97.2 Å². The Morgan fingerprint density at radius 3 is 2.08 bits per heavy atom. The van der Waals surface area contributed by atoms with E-state index in [2.05, 4.69) is 167 Å². The highest BCUT2D eigenvalue weighted by atomic mass is 32.1. The molecule has 2 aliphatic carbocycles. The van der Waals surface area contributed by atoms with E-state index < -0.39 is 0 Å². The van der Waals surface area contributed by atoms with E-state index >= 15 is 0 Å². The number of fused-ring (bicyclic) bond motifs is 12. The van der Waals surface area contributed by atoms with E-state index in [0.717, 1.165) is 55.0 Å². The monoisotopic (exact) mass is 823 g/mol. The summed E-state index contributed by atoms with van der Waals surface area (Å²) in [4.78, 5) is 10.4. The molecule has 0 saturated carbocycles. The molecule has 0 saturated heterocycles. The minimum atomic E-state index is 0.207. The number of thiophene rings is 1. The number of aliphatic imine (C=N–C) groups is 2. The summed E-state index contributed by atoms with van der Waals surface area (Å²) in [5.74, 6) is 1.74. The van der Waals surface area contributed by atoms with Crippen molar-refractivity contribution in [3.05, 3.63) is 217 Å². The molecule has 5 nitrogen and oxygen atoms in total. The Balaban J connectivity index is 1.12.